The quantitative estimate of drug-likeness (QED) is 0.746. The van der Waals surface area contributed by atoms with Gasteiger partial charge in [0.25, 0.3) is 5.91 Å². The smallest absolute Gasteiger partial charge is 0.270 e. The van der Waals surface area contributed by atoms with Crippen LogP contribution in [0, 0.1) is 18.7 Å². The molecule has 0 aromatic heterocycles. The van der Waals surface area contributed by atoms with E-state index in [-0.39, 0.29) is 23.8 Å². The van der Waals surface area contributed by atoms with Gasteiger partial charge < -0.3 is 10.2 Å². The largest absolute Gasteiger partial charge is 0.348 e. The van der Waals surface area contributed by atoms with Crippen molar-refractivity contribution in [3.63, 3.8) is 0 Å². The molecule has 2 aromatic rings. The minimum absolute atomic E-state index is 0.0497. The summed E-state index contributed by atoms with van der Waals surface area (Å²) in [5.41, 5.74) is 4.79. The van der Waals surface area contributed by atoms with Crippen LogP contribution in [-0.2, 0) is 4.79 Å². The molecule has 2 aliphatic rings. The van der Waals surface area contributed by atoms with Crippen LogP contribution in [0.2, 0.25) is 0 Å². The lowest BCUT2D eigenvalue weighted by Gasteiger charge is -2.33. The van der Waals surface area contributed by atoms with Crippen LogP contribution in [-0.4, -0.2) is 42.2 Å². The fraction of sp³-hybridized carbons (Fsp3) is 0.462. The maximum Gasteiger partial charge on any atom is 0.270 e. The van der Waals surface area contributed by atoms with E-state index in [4.69, 9.17) is 0 Å². The highest BCUT2D eigenvalue weighted by Crippen LogP contribution is 2.34. The molecule has 0 bridgehead atoms. The first-order valence-electron chi connectivity index (χ1n) is 11.3. The first-order chi connectivity index (χ1) is 14.8. The van der Waals surface area contributed by atoms with E-state index in [0.717, 1.165) is 54.7 Å². The molecule has 0 unspecified atom stereocenters. The molecule has 5 heteroatoms. The summed E-state index contributed by atoms with van der Waals surface area (Å²) < 4.78 is 14.1. The van der Waals surface area contributed by atoms with Gasteiger partial charge in [0.1, 0.15) is 11.5 Å². The molecule has 2 aromatic carbocycles. The number of hydrogen-bond donors (Lipinski definition) is 1. The SMILES string of the molecule is Cc1c(F)cccc1-c1ccc2c(c1)C(C(=O)NC1CCN(CC(C)C)CC1)=N[C@H]2C. The van der Waals surface area contributed by atoms with Crippen molar-refractivity contribution in [2.75, 3.05) is 19.6 Å². The van der Waals surface area contributed by atoms with Gasteiger partial charge in [0.2, 0.25) is 0 Å². The van der Waals surface area contributed by atoms with E-state index >= 15 is 0 Å². The number of amides is 1. The summed E-state index contributed by atoms with van der Waals surface area (Å²) in [6.45, 7) is 11.4. The molecule has 0 spiro atoms. The zero-order valence-corrected chi connectivity index (χ0v) is 18.9. The Hall–Kier alpha value is -2.53. The van der Waals surface area contributed by atoms with Crippen LogP contribution in [0.3, 0.4) is 0 Å². The van der Waals surface area contributed by atoms with Gasteiger partial charge in [-0.1, -0.05) is 38.1 Å². The first-order valence-corrected chi connectivity index (χ1v) is 11.3. The molecule has 2 heterocycles. The van der Waals surface area contributed by atoms with Gasteiger partial charge in [0, 0.05) is 31.2 Å². The number of aliphatic imine (C=N–C) groups is 1. The van der Waals surface area contributed by atoms with Gasteiger partial charge in [0.05, 0.1) is 6.04 Å². The lowest BCUT2D eigenvalue weighted by molar-refractivity contribution is -0.115. The Bertz CT molecular complexity index is 1010. The van der Waals surface area contributed by atoms with Gasteiger partial charge in [0.15, 0.2) is 0 Å². The number of nitrogens with zero attached hydrogens (tertiary/aromatic N) is 2. The highest BCUT2D eigenvalue weighted by atomic mass is 19.1. The molecule has 4 nitrogen and oxygen atoms in total. The van der Waals surface area contributed by atoms with Crippen LogP contribution in [0.1, 0.15) is 56.3 Å². The van der Waals surface area contributed by atoms with Crippen molar-refractivity contribution in [1.29, 1.82) is 0 Å². The normalized spacial score (nSPS) is 19.4. The third kappa shape index (κ3) is 4.57. The lowest BCUT2D eigenvalue weighted by Crippen LogP contribution is -2.47. The maximum atomic E-state index is 14.1. The molecule has 31 heavy (non-hydrogen) atoms. The standard InChI is InChI=1S/C26H32FN3O/c1-16(2)15-30-12-10-20(11-13-30)29-26(31)25-23-14-19(8-9-22(23)18(4)28-25)21-6-5-7-24(27)17(21)3/h5-9,14,16,18,20H,10-13,15H2,1-4H3,(H,29,31)/t18-/m0/s1. The summed E-state index contributed by atoms with van der Waals surface area (Å²) in [6.07, 6.45) is 1.94. The van der Waals surface area contributed by atoms with Crippen molar-refractivity contribution in [2.24, 2.45) is 10.9 Å². The Labute approximate surface area is 184 Å². The highest BCUT2D eigenvalue weighted by molar-refractivity contribution is 6.46. The molecular weight excluding hydrogens is 389 g/mol. The Morgan fingerprint density at radius 1 is 1.19 bits per heavy atom. The van der Waals surface area contributed by atoms with Crippen LogP contribution in [0.15, 0.2) is 41.4 Å². The summed E-state index contributed by atoms with van der Waals surface area (Å²) in [5, 5.41) is 3.22. The third-order valence-corrected chi connectivity index (χ3v) is 6.42. The second-order valence-corrected chi connectivity index (χ2v) is 9.31. The molecule has 1 N–H and O–H groups in total. The number of fused-ring (bicyclic) bond motifs is 1. The summed E-state index contributed by atoms with van der Waals surface area (Å²) in [7, 11) is 0. The predicted octanol–water partition coefficient (Wildman–Crippen LogP) is 4.90. The van der Waals surface area contributed by atoms with Crippen LogP contribution in [0.4, 0.5) is 4.39 Å². The number of benzene rings is 2. The molecular formula is C26H32FN3O. The highest BCUT2D eigenvalue weighted by Gasteiger charge is 2.29. The number of hydrogen-bond acceptors (Lipinski definition) is 3. The number of nitrogens with one attached hydrogen (secondary N) is 1. The summed E-state index contributed by atoms with van der Waals surface area (Å²) >= 11 is 0. The topological polar surface area (TPSA) is 44.7 Å². The van der Waals surface area contributed by atoms with E-state index in [1.165, 1.54) is 6.07 Å². The van der Waals surface area contributed by atoms with Crippen LogP contribution >= 0.6 is 0 Å². The molecule has 1 saturated heterocycles. The van der Waals surface area contributed by atoms with Crippen LogP contribution in [0.25, 0.3) is 11.1 Å². The Kier molecular flexibility index (Phi) is 6.24. The molecule has 164 valence electrons. The van der Waals surface area contributed by atoms with E-state index in [9.17, 15) is 9.18 Å². The summed E-state index contributed by atoms with van der Waals surface area (Å²) in [4.78, 5) is 20.3. The van der Waals surface area contributed by atoms with E-state index < -0.39 is 0 Å². The average Bonchev–Trinajstić information content (AvgIpc) is 3.07. The Morgan fingerprint density at radius 3 is 2.65 bits per heavy atom. The molecule has 0 aliphatic carbocycles. The summed E-state index contributed by atoms with van der Waals surface area (Å²) in [5.74, 6) is 0.343. The Balaban J connectivity index is 1.51. The zero-order chi connectivity index (χ0) is 22.1. The van der Waals surface area contributed by atoms with Crippen molar-refractivity contribution in [3.8, 4) is 11.1 Å². The summed E-state index contributed by atoms with van der Waals surface area (Å²) in [6, 6.07) is 11.3. The van der Waals surface area contributed by atoms with E-state index in [1.807, 2.05) is 31.2 Å². The molecule has 1 fully saturated rings. The second kappa shape index (κ2) is 8.91. The van der Waals surface area contributed by atoms with Gasteiger partial charge >= 0.3 is 0 Å². The van der Waals surface area contributed by atoms with Crippen molar-refractivity contribution in [1.82, 2.24) is 10.2 Å². The molecule has 1 atom stereocenters. The van der Waals surface area contributed by atoms with Crippen molar-refractivity contribution in [2.45, 2.75) is 52.6 Å². The Morgan fingerprint density at radius 2 is 1.94 bits per heavy atom. The molecule has 4 rings (SSSR count). The molecule has 0 saturated carbocycles. The molecule has 1 amide bonds. The van der Waals surface area contributed by atoms with Gasteiger partial charge in [-0.3, -0.25) is 9.79 Å². The van der Waals surface area contributed by atoms with Gasteiger partial charge in [-0.2, -0.15) is 0 Å². The first kappa shape index (κ1) is 21.7. The van der Waals surface area contributed by atoms with Gasteiger partial charge in [-0.15, -0.1) is 0 Å². The predicted molar refractivity (Wildman–Crippen MR) is 124 cm³/mol. The maximum absolute atomic E-state index is 14.1. The van der Waals surface area contributed by atoms with Crippen LogP contribution in [0.5, 0.6) is 0 Å². The average molecular weight is 422 g/mol. The van der Waals surface area contributed by atoms with Gasteiger partial charge in [-0.05, 0) is 67.0 Å². The number of carbonyl (C=O) groups is 1. The fourth-order valence-electron chi connectivity index (χ4n) is 4.76. The second-order valence-electron chi connectivity index (χ2n) is 9.31. The number of piperidine rings is 1. The van der Waals surface area contributed by atoms with E-state index in [1.54, 1.807) is 13.0 Å². The van der Waals surface area contributed by atoms with Crippen LogP contribution < -0.4 is 5.32 Å². The van der Waals surface area contributed by atoms with E-state index in [0.29, 0.717) is 17.2 Å². The molecule has 0 radical (unpaired) electrons. The number of rotatable bonds is 5. The minimum Gasteiger partial charge on any atom is -0.348 e. The fourth-order valence-corrected chi connectivity index (χ4v) is 4.76. The minimum atomic E-state index is -0.221. The third-order valence-electron chi connectivity index (χ3n) is 6.42. The molecule has 2 aliphatic heterocycles. The van der Waals surface area contributed by atoms with Crippen molar-refractivity contribution in [3.05, 3.63) is 58.9 Å². The number of halogens is 1. The van der Waals surface area contributed by atoms with Crippen molar-refractivity contribution >= 4 is 11.6 Å². The number of carbonyl (C=O) groups excluding carboxylic acids is 1. The lowest BCUT2D eigenvalue weighted by atomic mass is 9.93. The van der Waals surface area contributed by atoms with Gasteiger partial charge in [-0.25, -0.2) is 4.39 Å². The number of likely N-dealkylation sites (tertiary alicyclic amines) is 1. The van der Waals surface area contributed by atoms with E-state index in [2.05, 4.69) is 29.1 Å². The van der Waals surface area contributed by atoms with Crippen molar-refractivity contribution < 1.29 is 9.18 Å². The zero-order valence-electron chi connectivity index (χ0n) is 18.9. The monoisotopic (exact) mass is 421 g/mol.